The number of methoxy groups -OCH3 is 1. The highest BCUT2D eigenvalue weighted by atomic mass is 35.5. The van der Waals surface area contributed by atoms with Gasteiger partial charge in [0.1, 0.15) is 11.6 Å². The van der Waals surface area contributed by atoms with Crippen LogP contribution in [-0.4, -0.2) is 41.1 Å². The number of aromatic nitrogens is 2. The first-order chi connectivity index (χ1) is 14.1. The zero-order valence-electron chi connectivity index (χ0n) is 15.8. The predicted molar refractivity (Wildman–Crippen MR) is 106 cm³/mol. The van der Waals surface area contributed by atoms with Crippen LogP contribution in [0.3, 0.4) is 0 Å². The monoisotopic (exact) mass is 415 g/mol. The van der Waals surface area contributed by atoms with Gasteiger partial charge in [-0.3, -0.25) is 4.79 Å². The Balaban J connectivity index is 1.43. The summed E-state index contributed by atoms with van der Waals surface area (Å²) in [5.41, 5.74) is 1.13. The summed E-state index contributed by atoms with van der Waals surface area (Å²) in [6.45, 7) is 1.11. The number of benzene rings is 2. The number of ether oxygens (including phenoxy) is 1. The molecule has 150 valence electrons. The minimum Gasteiger partial charge on any atom is -0.496 e. The van der Waals surface area contributed by atoms with Crippen LogP contribution in [0.2, 0.25) is 5.02 Å². The molecule has 1 fully saturated rings. The fourth-order valence-electron chi connectivity index (χ4n) is 3.48. The molecule has 2 heterocycles. The highest BCUT2D eigenvalue weighted by Gasteiger charge is 2.28. The highest BCUT2D eigenvalue weighted by molar-refractivity contribution is 6.31. The third-order valence-corrected chi connectivity index (χ3v) is 5.38. The molecule has 0 atom stereocenters. The standard InChI is InChI=1S/C21H19ClFN3O3/c1-28-18-5-3-2-4-15(18)20-24-19(25-29-20)13-8-10-26(11-9-13)21(27)14-6-7-17(23)16(22)12-14/h2-7,12-13H,8-11H2,1H3. The van der Waals surface area contributed by atoms with Crippen LogP contribution in [0.4, 0.5) is 4.39 Å². The van der Waals surface area contributed by atoms with Crippen LogP contribution in [0.25, 0.3) is 11.5 Å². The third-order valence-electron chi connectivity index (χ3n) is 5.09. The van der Waals surface area contributed by atoms with Crippen molar-refractivity contribution < 1.29 is 18.4 Å². The van der Waals surface area contributed by atoms with Gasteiger partial charge in [-0.1, -0.05) is 28.9 Å². The number of amides is 1. The molecule has 1 aliphatic rings. The minimum atomic E-state index is -0.537. The summed E-state index contributed by atoms with van der Waals surface area (Å²) in [5.74, 6) is 1.11. The normalized spacial score (nSPS) is 14.8. The van der Waals surface area contributed by atoms with E-state index < -0.39 is 5.82 Å². The Morgan fingerprint density at radius 1 is 1.24 bits per heavy atom. The lowest BCUT2D eigenvalue weighted by Crippen LogP contribution is -2.38. The Bertz CT molecular complexity index is 1030. The quantitative estimate of drug-likeness (QED) is 0.625. The summed E-state index contributed by atoms with van der Waals surface area (Å²) in [7, 11) is 1.59. The molecule has 0 saturated carbocycles. The predicted octanol–water partition coefficient (Wildman–Crippen LogP) is 4.56. The van der Waals surface area contributed by atoms with E-state index in [2.05, 4.69) is 10.1 Å². The van der Waals surface area contributed by atoms with Gasteiger partial charge in [0.2, 0.25) is 0 Å². The van der Waals surface area contributed by atoms with Crippen molar-refractivity contribution in [1.29, 1.82) is 0 Å². The van der Waals surface area contributed by atoms with Crippen LogP contribution in [0.1, 0.15) is 34.9 Å². The number of nitrogens with zero attached hydrogens (tertiary/aromatic N) is 3. The first kappa shape index (κ1) is 19.4. The molecule has 0 N–H and O–H groups in total. The maximum atomic E-state index is 13.3. The van der Waals surface area contributed by atoms with E-state index in [0.717, 1.165) is 5.56 Å². The second-order valence-electron chi connectivity index (χ2n) is 6.85. The Kier molecular flexibility index (Phi) is 5.49. The SMILES string of the molecule is COc1ccccc1-c1nc(C2CCN(C(=O)c3ccc(F)c(Cl)c3)CC2)no1. The van der Waals surface area contributed by atoms with E-state index in [1.165, 1.54) is 18.2 Å². The molecule has 0 unspecified atom stereocenters. The molecule has 8 heteroatoms. The van der Waals surface area contributed by atoms with Crippen LogP contribution in [0.5, 0.6) is 5.75 Å². The first-order valence-electron chi connectivity index (χ1n) is 9.28. The van der Waals surface area contributed by atoms with Gasteiger partial charge in [-0.2, -0.15) is 4.98 Å². The summed E-state index contributed by atoms with van der Waals surface area (Å²) in [5, 5.41) is 4.08. The second-order valence-corrected chi connectivity index (χ2v) is 7.26. The van der Waals surface area contributed by atoms with E-state index in [1.54, 1.807) is 12.0 Å². The van der Waals surface area contributed by atoms with Crippen LogP contribution in [0, 0.1) is 5.82 Å². The number of piperidine rings is 1. The van der Waals surface area contributed by atoms with Crippen LogP contribution < -0.4 is 4.74 Å². The maximum Gasteiger partial charge on any atom is 0.261 e. The molecule has 3 aromatic rings. The van der Waals surface area contributed by atoms with Crippen molar-refractivity contribution in [2.45, 2.75) is 18.8 Å². The number of rotatable bonds is 4. The molecule has 1 saturated heterocycles. The molecular weight excluding hydrogens is 397 g/mol. The summed E-state index contributed by atoms with van der Waals surface area (Å²) >= 11 is 5.79. The smallest absolute Gasteiger partial charge is 0.261 e. The number of carbonyl (C=O) groups excluding carboxylic acids is 1. The zero-order valence-corrected chi connectivity index (χ0v) is 16.5. The summed E-state index contributed by atoms with van der Waals surface area (Å²) in [6, 6.07) is 11.5. The second kappa shape index (κ2) is 8.21. The van der Waals surface area contributed by atoms with Crippen molar-refractivity contribution in [2.75, 3.05) is 20.2 Å². The lowest BCUT2D eigenvalue weighted by molar-refractivity contribution is 0.0710. The van der Waals surface area contributed by atoms with Gasteiger partial charge in [-0.15, -0.1) is 0 Å². The van der Waals surface area contributed by atoms with Crippen LogP contribution in [-0.2, 0) is 0 Å². The molecular formula is C21H19ClFN3O3. The van der Waals surface area contributed by atoms with Gasteiger partial charge in [0.15, 0.2) is 5.82 Å². The molecule has 0 radical (unpaired) electrons. The van der Waals surface area contributed by atoms with Gasteiger partial charge in [-0.25, -0.2) is 4.39 Å². The Hall–Kier alpha value is -2.93. The average molecular weight is 416 g/mol. The fourth-order valence-corrected chi connectivity index (χ4v) is 3.66. The van der Waals surface area contributed by atoms with Gasteiger partial charge in [0.25, 0.3) is 11.8 Å². The third kappa shape index (κ3) is 3.96. The molecule has 0 aliphatic carbocycles. The summed E-state index contributed by atoms with van der Waals surface area (Å²) in [4.78, 5) is 18.9. The van der Waals surface area contributed by atoms with Crippen molar-refractivity contribution in [3.63, 3.8) is 0 Å². The van der Waals surface area contributed by atoms with Gasteiger partial charge in [0, 0.05) is 24.6 Å². The average Bonchev–Trinajstić information content (AvgIpc) is 3.25. The van der Waals surface area contributed by atoms with E-state index in [0.29, 0.717) is 49.0 Å². The van der Waals surface area contributed by atoms with Crippen molar-refractivity contribution in [3.05, 3.63) is 64.7 Å². The molecule has 0 spiro atoms. The number of para-hydroxylation sites is 1. The maximum absolute atomic E-state index is 13.3. The Labute approximate surface area is 172 Å². The molecule has 4 rings (SSSR count). The van der Waals surface area contributed by atoms with E-state index >= 15 is 0 Å². The highest BCUT2D eigenvalue weighted by Crippen LogP contribution is 2.32. The van der Waals surface area contributed by atoms with Crippen molar-refractivity contribution in [1.82, 2.24) is 15.0 Å². The van der Waals surface area contributed by atoms with E-state index in [9.17, 15) is 9.18 Å². The van der Waals surface area contributed by atoms with E-state index in [-0.39, 0.29) is 16.8 Å². The van der Waals surface area contributed by atoms with Crippen LogP contribution >= 0.6 is 11.6 Å². The molecule has 0 bridgehead atoms. The molecule has 1 aromatic heterocycles. The number of hydrogen-bond acceptors (Lipinski definition) is 5. The summed E-state index contributed by atoms with van der Waals surface area (Å²) < 4.78 is 24.1. The molecule has 29 heavy (non-hydrogen) atoms. The van der Waals surface area contributed by atoms with E-state index in [1.807, 2.05) is 24.3 Å². The molecule has 2 aromatic carbocycles. The van der Waals surface area contributed by atoms with Crippen molar-refractivity contribution >= 4 is 17.5 Å². The summed E-state index contributed by atoms with van der Waals surface area (Å²) in [6.07, 6.45) is 1.43. The number of carbonyl (C=O) groups is 1. The number of likely N-dealkylation sites (tertiary alicyclic amines) is 1. The zero-order chi connectivity index (χ0) is 20.4. The van der Waals surface area contributed by atoms with E-state index in [4.69, 9.17) is 20.9 Å². The van der Waals surface area contributed by atoms with Gasteiger partial charge >= 0.3 is 0 Å². The van der Waals surface area contributed by atoms with Gasteiger partial charge < -0.3 is 14.2 Å². The van der Waals surface area contributed by atoms with Crippen LogP contribution in [0.15, 0.2) is 47.0 Å². The van der Waals surface area contributed by atoms with Gasteiger partial charge in [0.05, 0.1) is 17.7 Å². The Morgan fingerprint density at radius 3 is 2.72 bits per heavy atom. The molecule has 1 aliphatic heterocycles. The molecule has 6 nitrogen and oxygen atoms in total. The fraction of sp³-hybridized carbons (Fsp3) is 0.286. The topological polar surface area (TPSA) is 68.5 Å². The van der Waals surface area contributed by atoms with Crippen molar-refractivity contribution in [3.8, 4) is 17.2 Å². The first-order valence-corrected chi connectivity index (χ1v) is 9.66. The lowest BCUT2D eigenvalue weighted by Gasteiger charge is -2.30. The minimum absolute atomic E-state index is 0.0543. The lowest BCUT2D eigenvalue weighted by atomic mass is 9.95. The Morgan fingerprint density at radius 2 is 2.00 bits per heavy atom. The van der Waals surface area contributed by atoms with Gasteiger partial charge in [-0.05, 0) is 43.2 Å². The van der Waals surface area contributed by atoms with Crippen molar-refractivity contribution in [2.24, 2.45) is 0 Å². The number of hydrogen-bond donors (Lipinski definition) is 0. The largest absolute Gasteiger partial charge is 0.496 e. The number of halogens is 2. The molecule has 1 amide bonds.